The summed E-state index contributed by atoms with van der Waals surface area (Å²) in [5, 5.41) is 10.7. The molecule has 2 aromatic carbocycles. The van der Waals surface area contributed by atoms with E-state index in [9.17, 15) is 27.9 Å². The number of ether oxygens (including phenoxy) is 1. The molecule has 0 aliphatic carbocycles. The number of aromatic nitrogens is 1. The van der Waals surface area contributed by atoms with E-state index in [0.717, 1.165) is 12.1 Å². The molecule has 0 bridgehead atoms. The van der Waals surface area contributed by atoms with E-state index in [1.54, 1.807) is 45.0 Å². The van der Waals surface area contributed by atoms with Gasteiger partial charge in [-0.15, -0.1) is 0 Å². The zero-order valence-electron chi connectivity index (χ0n) is 17.4. The quantitative estimate of drug-likeness (QED) is 0.617. The number of carboxylic acid groups (broad SMARTS) is 1. The molecule has 1 atom stereocenters. The molecule has 0 saturated heterocycles. The third kappa shape index (κ3) is 4.49. The summed E-state index contributed by atoms with van der Waals surface area (Å²) in [7, 11) is 1.43. The zero-order chi connectivity index (χ0) is 23.1. The average molecular weight is 433 g/mol. The summed E-state index contributed by atoms with van der Waals surface area (Å²) in [6.07, 6.45) is -6.02. The van der Waals surface area contributed by atoms with Crippen molar-refractivity contribution in [2.45, 2.75) is 38.7 Å². The van der Waals surface area contributed by atoms with Gasteiger partial charge in [-0.25, -0.2) is 4.79 Å². The Hall–Kier alpha value is -3.13. The number of hydrogen-bond acceptors (Lipinski definition) is 3. The first-order valence-corrected chi connectivity index (χ1v) is 9.51. The molecule has 0 amide bonds. The van der Waals surface area contributed by atoms with Crippen LogP contribution in [0.3, 0.4) is 0 Å². The molecule has 1 unspecified atom stereocenters. The molecular weight excluding hydrogens is 411 g/mol. The molecule has 3 rings (SSSR count). The van der Waals surface area contributed by atoms with Crippen LogP contribution in [0.25, 0.3) is 21.9 Å². The van der Waals surface area contributed by atoms with Crippen LogP contribution in [0.2, 0.25) is 0 Å². The van der Waals surface area contributed by atoms with Crippen LogP contribution >= 0.6 is 0 Å². The number of benzene rings is 2. The summed E-state index contributed by atoms with van der Waals surface area (Å²) >= 11 is 0. The van der Waals surface area contributed by atoms with Gasteiger partial charge in [0.25, 0.3) is 5.56 Å². The molecule has 31 heavy (non-hydrogen) atoms. The van der Waals surface area contributed by atoms with Gasteiger partial charge in [-0.1, -0.05) is 30.3 Å². The zero-order valence-corrected chi connectivity index (χ0v) is 17.4. The molecule has 0 aliphatic rings. The number of pyridine rings is 1. The minimum atomic E-state index is -4.51. The van der Waals surface area contributed by atoms with Gasteiger partial charge in [-0.3, -0.25) is 4.79 Å². The van der Waals surface area contributed by atoms with Crippen LogP contribution in [-0.2, 0) is 22.8 Å². The lowest BCUT2D eigenvalue weighted by molar-refractivity contribution is -0.161. The third-order valence-corrected chi connectivity index (χ3v) is 4.79. The van der Waals surface area contributed by atoms with Crippen LogP contribution in [-0.4, -0.2) is 21.2 Å². The van der Waals surface area contributed by atoms with Crippen molar-refractivity contribution < 1.29 is 27.8 Å². The predicted molar refractivity (Wildman–Crippen MR) is 111 cm³/mol. The Morgan fingerprint density at radius 1 is 1.00 bits per heavy atom. The molecule has 0 aliphatic heterocycles. The largest absolute Gasteiger partial charge is 0.479 e. The van der Waals surface area contributed by atoms with Gasteiger partial charge >= 0.3 is 12.1 Å². The Kier molecular flexibility index (Phi) is 5.71. The summed E-state index contributed by atoms with van der Waals surface area (Å²) in [4.78, 5) is 25.1. The van der Waals surface area contributed by atoms with E-state index in [1.165, 1.54) is 23.7 Å². The molecule has 1 aromatic heterocycles. The fraction of sp³-hybridized carbons (Fsp3) is 0.304. The Morgan fingerprint density at radius 2 is 1.55 bits per heavy atom. The highest BCUT2D eigenvalue weighted by Gasteiger charge is 2.34. The van der Waals surface area contributed by atoms with E-state index in [4.69, 9.17) is 4.74 Å². The van der Waals surface area contributed by atoms with Crippen molar-refractivity contribution >= 4 is 16.7 Å². The second kappa shape index (κ2) is 7.85. The van der Waals surface area contributed by atoms with Crippen molar-refractivity contribution in [1.82, 2.24) is 4.57 Å². The maximum atomic E-state index is 13.0. The minimum absolute atomic E-state index is 0.0610. The van der Waals surface area contributed by atoms with Gasteiger partial charge in [-0.2, -0.15) is 13.2 Å². The lowest BCUT2D eigenvalue weighted by Crippen LogP contribution is -2.32. The maximum Gasteiger partial charge on any atom is 0.416 e. The van der Waals surface area contributed by atoms with Crippen LogP contribution < -0.4 is 5.56 Å². The molecular formula is C23H22F3NO4. The predicted octanol–water partition coefficient (Wildman–Crippen LogP) is 5.17. The monoisotopic (exact) mass is 433 g/mol. The van der Waals surface area contributed by atoms with Crippen LogP contribution in [0.5, 0.6) is 0 Å². The molecule has 0 fully saturated rings. The molecule has 0 saturated carbocycles. The van der Waals surface area contributed by atoms with Gasteiger partial charge in [0.2, 0.25) is 0 Å². The summed E-state index contributed by atoms with van der Waals surface area (Å²) in [6.45, 7) is 5.04. The standard InChI is InChI=1S/C23H22F3NO4/c1-22(2,3)31-19(21(29)30)18-17(13-9-11-14(12-10-13)23(24,25)26)15-7-5-6-8-16(15)20(28)27(18)4/h5-12,19H,1-4H3,(H,29,30). The second-order valence-corrected chi connectivity index (χ2v) is 8.19. The molecule has 1 heterocycles. The summed E-state index contributed by atoms with van der Waals surface area (Å²) in [5.41, 5.74) is -1.37. The Balaban J connectivity index is 2.40. The topological polar surface area (TPSA) is 68.5 Å². The Morgan fingerprint density at radius 3 is 2.03 bits per heavy atom. The van der Waals surface area contributed by atoms with Gasteiger partial charge in [0, 0.05) is 18.0 Å². The number of carboxylic acids is 1. The highest BCUT2D eigenvalue weighted by molar-refractivity contribution is 5.98. The molecule has 8 heteroatoms. The summed E-state index contributed by atoms with van der Waals surface area (Å²) < 4.78 is 46.1. The first kappa shape index (κ1) is 22.6. The number of carbonyl (C=O) groups is 1. The number of aliphatic carboxylic acids is 1. The molecule has 0 radical (unpaired) electrons. The molecule has 164 valence electrons. The van der Waals surface area contributed by atoms with E-state index in [1.807, 2.05) is 0 Å². The number of alkyl halides is 3. The SMILES string of the molecule is Cn1c(C(OC(C)(C)C)C(=O)O)c(-c2ccc(C(F)(F)F)cc2)c2ccccc2c1=O. The fourth-order valence-corrected chi connectivity index (χ4v) is 3.50. The lowest BCUT2D eigenvalue weighted by atomic mass is 9.93. The first-order valence-electron chi connectivity index (χ1n) is 9.51. The van der Waals surface area contributed by atoms with Crippen molar-refractivity contribution in [3.05, 3.63) is 70.1 Å². The summed E-state index contributed by atoms with van der Waals surface area (Å²) in [5.74, 6) is -1.31. The van der Waals surface area contributed by atoms with Crippen molar-refractivity contribution in [1.29, 1.82) is 0 Å². The van der Waals surface area contributed by atoms with Gasteiger partial charge in [0.1, 0.15) is 0 Å². The highest BCUT2D eigenvalue weighted by Crippen LogP contribution is 2.38. The van der Waals surface area contributed by atoms with Crippen molar-refractivity contribution in [3.63, 3.8) is 0 Å². The number of hydrogen-bond donors (Lipinski definition) is 1. The smallest absolute Gasteiger partial charge is 0.416 e. The highest BCUT2D eigenvalue weighted by atomic mass is 19.4. The maximum absolute atomic E-state index is 13.0. The van der Waals surface area contributed by atoms with Crippen molar-refractivity contribution in [2.75, 3.05) is 0 Å². The number of halogens is 3. The second-order valence-electron chi connectivity index (χ2n) is 8.19. The first-order chi connectivity index (χ1) is 14.3. The van der Waals surface area contributed by atoms with Gasteiger partial charge in [-0.05, 0) is 49.9 Å². The van der Waals surface area contributed by atoms with E-state index < -0.39 is 35.0 Å². The average Bonchev–Trinajstić information content (AvgIpc) is 2.67. The van der Waals surface area contributed by atoms with E-state index in [0.29, 0.717) is 21.9 Å². The number of fused-ring (bicyclic) bond motifs is 1. The van der Waals surface area contributed by atoms with Gasteiger partial charge in [0.05, 0.1) is 16.9 Å². The fourth-order valence-electron chi connectivity index (χ4n) is 3.50. The van der Waals surface area contributed by atoms with E-state index >= 15 is 0 Å². The van der Waals surface area contributed by atoms with Crippen molar-refractivity contribution in [3.8, 4) is 11.1 Å². The number of nitrogens with zero attached hydrogens (tertiary/aromatic N) is 1. The molecule has 5 nitrogen and oxygen atoms in total. The summed E-state index contributed by atoms with van der Waals surface area (Å²) in [6, 6.07) is 11.0. The molecule has 1 N–H and O–H groups in total. The number of rotatable bonds is 4. The van der Waals surface area contributed by atoms with Crippen LogP contribution in [0.4, 0.5) is 13.2 Å². The van der Waals surface area contributed by atoms with Crippen LogP contribution in [0.15, 0.2) is 53.3 Å². The molecule has 0 spiro atoms. The van der Waals surface area contributed by atoms with E-state index in [-0.39, 0.29) is 5.69 Å². The lowest BCUT2D eigenvalue weighted by Gasteiger charge is -2.28. The van der Waals surface area contributed by atoms with Crippen molar-refractivity contribution in [2.24, 2.45) is 7.05 Å². The Bertz CT molecular complexity index is 1190. The van der Waals surface area contributed by atoms with Gasteiger partial charge < -0.3 is 14.4 Å². The normalized spacial score (nSPS) is 13.4. The molecule has 3 aromatic rings. The Labute approximate surface area is 176 Å². The van der Waals surface area contributed by atoms with E-state index in [2.05, 4.69) is 0 Å². The minimum Gasteiger partial charge on any atom is -0.479 e. The van der Waals surface area contributed by atoms with Crippen LogP contribution in [0, 0.1) is 0 Å². The van der Waals surface area contributed by atoms with Gasteiger partial charge in [0.15, 0.2) is 6.10 Å². The van der Waals surface area contributed by atoms with Crippen LogP contribution in [0.1, 0.15) is 38.1 Å². The third-order valence-electron chi connectivity index (χ3n) is 4.79.